The Balaban J connectivity index is 1.88. The Labute approximate surface area is 119 Å². The summed E-state index contributed by atoms with van der Waals surface area (Å²) < 4.78 is 31.8. The van der Waals surface area contributed by atoms with Gasteiger partial charge in [-0.3, -0.25) is 9.59 Å². The van der Waals surface area contributed by atoms with Gasteiger partial charge in [-0.1, -0.05) is 0 Å². The summed E-state index contributed by atoms with van der Waals surface area (Å²) in [5.74, 6) is -3.05. The maximum atomic E-state index is 13.4. The average molecular weight is 296 g/mol. The van der Waals surface area contributed by atoms with E-state index in [-0.39, 0.29) is 35.8 Å². The van der Waals surface area contributed by atoms with Crippen LogP contribution in [0.2, 0.25) is 0 Å². The lowest BCUT2D eigenvalue weighted by molar-refractivity contribution is -0.131. The van der Waals surface area contributed by atoms with Gasteiger partial charge in [-0.05, 0) is 12.8 Å². The van der Waals surface area contributed by atoms with Crippen LogP contribution >= 0.6 is 0 Å². The van der Waals surface area contributed by atoms with Gasteiger partial charge in [0.25, 0.3) is 0 Å². The van der Waals surface area contributed by atoms with Gasteiger partial charge in [-0.25, -0.2) is 8.78 Å². The van der Waals surface area contributed by atoms with E-state index in [2.05, 4.69) is 5.32 Å². The molecular weight excluding hydrogens is 282 g/mol. The molecule has 21 heavy (non-hydrogen) atoms. The summed E-state index contributed by atoms with van der Waals surface area (Å²) in [6.45, 7) is -0.189. The fourth-order valence-corrected chi connectivity index (χ4v) is 2.66. The van der Waals surface area contributed by atoms with Crippen molar-refractivity contribution in [3.8, 4) is 0 Å². The van der Waals surface area contributed by atoms with Crippen LogP contribution in [0.5, 0.6) is 0 Å². The van der Waals surface area contributed by atoms with Gasteiger partial charge in [0.15, 0.2) is 11.6 Å². The second kappa shape index (κ2) is 5.07. The third kappa shape index (κ3) is 2.37. The van der Waals surface area contributed by atoms with Crippen molar-refractivity contribution < 1.29 is 23.1 Å². The number of nitrogens with zero attached hydrogens (tertiary/aromatic N) is 1. The van der Waals surface area contributed by atoms with Gasteiger partial charge in [0, 0.05) is 25.2 Å². The molecule has 0 atom stereocenters. The van der Waals surface area contributed by atoms with E-state index in [1.54, 1.807) is 7.11 Å². The van der Waals surface area contributed by atoms with Crippen LogP contribution < -0.4 is 10.2 Å². The molecule has 1 N–H and O–H groups in total. The van der Waals surface area contributed by atoms with Crippen molar-refractivity contribution in [3.05, 3.63) is 23.8 Å². The molecular formula is C14H14F2N2O3. The van der Waals surface area contributed by atoms with Crippen LogP contribution in [0, 0.1) is 17.6 Å². The molecule has 3 rings (SSSR count). The number of benzene rings is 1. The molecule has 1 fully saturated rings. The van der Waals surface area contributed by atoms with Crippen molar-refractivity contribution in [3.63, 3.8) is 0 Å². The number of hydrogen-bond donors (Lipinski definition) is 1. The van der Waals surface area contributed by atoms with E-state index in [9.17, 15) is 18.4 Å². The summed E-state index contributed by atoms with van der Waals surface area (Å²) in [4.78, 5) is 25.3. The number of carbonyl (C=O) groups is 2. The van der Waals surface area contributed by atoms with Crippen LogP contribution in [-0.2, 0) is 14.3 Å². The molecule has 0 spiro atoms. The summed E-state index contributed by atoms with van der Waals surface area (Å²) in [6.07, 6.45) is 1.20. The Bertz CT molecular complexity index is 614. The van der Waals surface area contributed by atoms with Crippen molar-refractivity contribution in [2.75, 3.05) is 23.9 Å². The number of amides is 2. The van der Waals surface area contributed by atoms with E-state index in [0.29, 0.717) is 12.8 Å². The average Bonchev–Trinajstić information content (AvgIpc) is 2.38. The van der Waals surface area contributed by atoms with Gasteiger partial charge in [-0.15, -0.1) is 0 Å². The molecule has 1 aromatic carbocycles. The lowest BCUT2D eigenvalue weighted by Gasteiger charge is -2.38. The van der Waals surface area contributed by atoms with Gasteiger partial charge in [0.1, 0.15) is 6.54 Å². The molecule has 1 saturated carbocycles. The molecule has 1 aliphatic heterocycles. The fraction of sp³-hybridized carbons (Fsp3) is 0.429. The number of hydrogen-bond acceptors (Lipinski definition) is 3. The Morgan fingerprint density at radius 2 is 2.00 bits per heavy atom. The van der Waals surface area contributed by atoms with E-state index < -0.39 is 17.5 Å². The van der Waals surface area contributed by atoms with Crippen LogP contribution in [-0.4, -0.2) is 31.6 Å². The number of methoxy groups -OCH3 is 1. The summed E-state index contributed by atoms with van der Waals surface area (Å²) in [6, 6.07) is 1.83. The molecule has 0 aromatic heterocycles. The second-order valence-electron chi connectivity index (χ2n) is 5.28. The van der Waals surface area contributed by atoms with Crippen LogP contribution in [0.25, 0.3) is 0 Å². The molecule has 1 heterocycles. The lowest BCUT2D eigenvalue weighted by Crippen LogP contribution is -2.49. The number of carbonyl (C=O) groups excluding carboxylic acids is 2. The summed E-state index contributed by atoms with van der Waals surface area (Å²) in [5, 5.41) is 2.44. The maximum absolute atomic E-state index is 13.4. The normalized spacial score (nSPS) is 24.1. The van der Waals surface area contributed by atoms with Gasteiger partial charge in [0.05, 0.1) is 17.5 Å². The zero-order valence-corrected chi connectivity index (χ0v) is 11.4. The molecule has 5 nitrogen and oxygen atoms in total. The van der Waals surface area contributed by atoms with E-state index >= 15 is 0 Å². The Morgan fingerprint density at radius 1 is 1.33 bits per heavy atom. The molecule has 0 radical (unpaired) electrons. The van der Waals surface area contributed by atoms with Gasteiger partial charge in [0.2, 0.25) is 11.8 Å². The van der Waals surface area contributed by atoms with Crippen molar-refractivity contribution in [2.24, 2.45) is 5.92 Å². The minimum Gasteiger partial charge on any atom is -0.381 e. The van der Waals surface area contributed by atoms with E-state index in [4.69, 9.17) is 4.74 Å². The van der Waals surface area contributed by atoms with Crippen LogP contribution in [0.4, 0.5) is 20.2 Å². The monoisotopic (exact) mass is 296 g/mol. The predicted octanol–water partition coefficient (Wildman–Crippen LogP) is 1.67. The quantitative estimate of drug-likeness (QED) is 0.903. The number of halogens is 2. The van der Waals surface area contributed by atoms with E-state index in [1.165, 1.54) is 4.90 Å². The van der Waals surface area contributed by atoms with Crippen LogP contribution in [0.15, 0.2) is 12.1 Å². The van der Waals surface area contributed by atoms with Gasteiger partial charge < -0.3 is 15.0 Å². The van der Waals surface area contributed by atoms with E-state index in [0.717, 1.165) is 12.1 Å². The van der Waals surface area contributed by atoms with Crippen molar-refractivity contribution in [1.82, 2.24) is 0 Å². The van der Waals surface area contributed by atoms with Crippen LogP contribution in [0.1, 0.15) is 12.8 Å². The van der Waals surface area contributed by atoms with Gasteiger partial charge in [-0.2, -0.15) is 0 Å². The van der Waals surface area contributed by atoms with Crippen molar-refractivity contribution >= 4 is 23.2 Å². The fourth-order valence-electron chi connectivity index (χ4n) is 2.66. The third-order valence-electron chi connectivity index (χ3n) is 3.95. The SMILES string of the molecule is COC1CC(C(=O)N2CC(=O)Nc3cc(F)c(F)cc32)C1. The topological polar surface area (TPSA) is 58.6 Å². The van der Waals surface area contributed by atoms with Crippen molar-refractivity contribution in [2.45, 2.75) is 18.9 Å². The van der Waals surface area contributed by atoms with Crippen LogP contribution in [0.3, 0.4) is 0 Å². The largest absolute Gasteiger partial charge is 0.381 e. The lowest BCUT2D eigenvalue weighted by atomic mass is 9.81. The first-order valence-electron chi connectivity index (χ1n) is 6.62. The predicted molar refractivity (Wildman–Crippen MR) is 70.9 cm³/mol. The minimum absolute atomic E-state index is 0.0435. The van der Waals surface area contributed by atoms with Gasteiger partial charge >= 0.3 is 0 Å². The zero-order valence-electron chi connectivity index (χ0n) is 11.4. The number of fused-ring (bicyclic) bond motifs is 1. The summed E-state index contributed by atoms with van der Waals surface area (Å²) >= 11 is 0. The number of ether oxygens (including phenoxy) is 1. The molecule has 112 valence electrons. The first kappa shape index (κ1) is 13.9. The Kier molecular flexibility index (Phi) is 3.36. The summed E-state index contributed by atoms with van der Waals surface area (Å²) in [7, 11) is 1.58. The van der Waals surface area contributed by atoms with E-state index in [1.807, 2.05) is 0 Å². The molecule has 1 aromatic rings. The molecule has 2 aliphatic rings. The zero-order chi connectivity index (χ0) is 15.1. The maximum Gasteiger partial charge on any atom is 0.244 e. The van der Waals surface area contributed by atoms with Crippen molar-refractivity contribution in [1.29, 1.82) is 0 Å². The molecule has 0 saturated heterocycles. The first-order valence-corrected chi connectivity index (χ1v) is 6.62. The highest BCUT2D eigenvalue weighted by atomic mass is 19.2. The second-order valence-corrected chi connectivity index (χ2v) is 5.28. The number of rotatable bonds is 2. The molecule has 0 unspecified atom stereocenters. The first-order chi connectivity index (χ1) is 9.99. The number of anilines is 2. The molecule has 1 aliphatic carbocycles. The Morgan fingerprint density at radius 3 is 2.67 bits per heavy atom. The standard InChI is InChI=1S/C14H14F2N2O3/c1-21-8-2-7(3-8)14(20)18-6-13(19)17-11-4-9(15)10(16)5-12(11)18/h4-5,7-8H,2-3,6H2,1H3,(H,17,19). The molecule has 7 heteroatoms. The highest BCUT2D eigenvalue weighted by Gasteiger charge is 2.39. The summed E-state index contributed by atoms with van der Waals surface area (Å²) in [5.41, 5.74) is 0.306. The highest BCUT2D eigenvalue weighted by Crippen LogP contribution is 2.37. The molecule has 0 bridgehead atoms. The third-order valence-corrected chi connectivity index (χ3v) is 3.95. The minimum atomic E-state index is -1.06. The molecule has 2 amide bonds. The smallest absolute Gasteiger partial charge is 0.244 e. The highest BCUT2D eigenvalue weighted by molar-refractivity contribution is 6.10. The Hall–Kier alpha value is -2.02. The number of nitrogens with one attached hydrogen (secondary N) is 1.